The number of piperidine rings is 1. The first-order chi connectivity index (χ1) is 12.5. The average molecular weight is 372 g/mol. The van der Waals surface area contributed by atoms with Crippen molar-refractivity contribution >= 4 is 22.9 Å². The van der Waals surface area contributed by atoms with E-state index in [1.54, 1.807) is 22.3 Å². The van der Waals surface area contributed by atoms with Crippen LogP contribution in [0.2, 0.25) is 0 Å². The number of aromatic nitrogens is 1. The topological polar surface area (TPSA) is 60.2 Å². The number of nitriles is 1. The van der Waals surface area contributed by atoms with Crippen LogP contribution < -0.4 is 4.90 Å². The summed E-state index contributed by atoms with van der Waals surface area (Å²) in [5, 5.41) is 12.2. The van der Waals surface area contributed by atoms with Gasteiger partial charge in [0.05, 0.1) is 28.5 Å². The van der Waals surface area contributed by atoms with Gasteiger partial charge in [0.2, 0.25) is 5.91 Å². The van der Waals surface area contributed by atoms with Gasteiger partial charge >= 0.3 is 0 Å². The minimum atomic E-state index is -0.408. The Labute approximate surface area is 156 Å². The number of carbonyl (C=O) groups is 1. The van der Waals surface area contributed by atoms with E-state index in [-0.39, 0.29) is 11.8 Å². The number of benzene rings is 1. The molecule has 26 heavy (non-hydrogen) atoms. The molecule has 0 unspecified atom stereocenters. The van der Waals surface area contributed by atoms with Gasteiger partial charge in [-0.15, -0.1) is 11.3 Å². The molecule has 1 aliphatic heterocycles. The highest BCUT2D eigenvalue weighted by molar-refractivity contribution is 7.09. The minimum absolute atomic E-state index is 0.0260. The maximum absolute atomic E-state index is 13.3. The van der Waals surface area contributed by atoms with Gasteiger partial charge in [0.1, 0.15) is 11.9 Å². The third-order valence-electron chi connectivity index (χ3n) is 4.71. The van der Waals surface area contributed by atoms with Crippen molar-refractivity contribution in [2.75, 3.05) is 25.0 Å². The quantitative estimate of drug-likeness (QED) is 0.826. The molecular weight excluding hydrogens is 351 g/mol. The van der Waals surface area contributed by atoms with E-state index in [0.29, 0.717) is 25.2 Å². The summed E-state index contributed by atoms with van der Waals surface area (Å²) >= 11 is 1.59. The molecule has 1 saturated heterocycles. The fourth-order valence-corrected chi connectivity index (χ4v) is 3.96. The lowest BCUT2D eigenvalue weighted by atomic mass is 9.94. The second-order valence-corrected chi connectivity index (χ2v) is 7.65. The summed E-state index contributed by atoms with van der Waals surface area (Å²) in [6.07, 6.45) is 1.45. The van der Waals surface area contributed by atoms with Gasteiger partial charge in [-0.25, -0.2) is 9.37 Å². The van der Waals surface area contributed by atoms with Gasteiger partial charge in [-0.1, -0.05) is 0 Å². The van der Waals surface area contributed by atoms with Crippen molar-refractivity contribution in [2.45, 2.75) is 26.3 Å². The largest absolute Gasteiger partial charge is 0.370 e. The van der Waals surface area contributed by atoms with Crippen molar-refractivity contribution in [1.29, 1.82) is 5.26 Å². The molecule has 1 amide bonds. The van der Waals surface area contributed by atoms with E-state index in [9.17, 15) is 14.4 Å². The molecule has 1 aromatic carbocycles. The zero-order valence-corrected chi connectivity index (χ0v) is 15.7. The van der Waals surface area contributed by atoms with Crippen molar-refractivity contribution in [1.82, 2.24) is 9.88 Å². The van der Waals surface area contributed by atoms with E-state index in [2.05, 4.69) is 16.0 Å². The van der Waals surface area contributed by atoms with Crippen LogP contribution in [-0.2, 0) is 11.3 Å². The summed E-state index contributed by atoms with van der Waals surface area (Å²) in [7, 11) is 1.82. The lowest BCUT2D eigenvalue weighted by molar-refractivity contribution is -0.135. The lowest BCUT2D eigenvalue weighted by Gasteiger charge is -2.34. The van der Waals surface area contributed by atoms with Gasteiger partial charge in [0.25, 0.3) is 0 Å². The zero-order chi connectivity index (χ0) is 18.7. The summed E-state index contributed by atoms with van der Waals surface area (Å²) in [6.45, 7) is 3.84. The Balaban J connectivity index is 1.59. The minimum Gasteiger partial charge on any atom is -0.370 e. The van der Waals surface area contributed by atoms with Crippen molar-refractivity contribution in [2.24, 2.45) is 5.92 Å². The van der Waals surface area contributed by atoms with E-state index < -0.39 is 5.82 Å². The summed E-state index contributed by atoms with van der Waals surface area (Å²) in [4.78, 5) is 20.9. The smallest absolute Gasteiger partial charge is 0.225 e. The fourth-order valence-electron chi connectivity index (χ4n) is 3.35. The molecule has 7 heteroatoms. The van der Waals surface area contributed by atoms with Gasteiger partial charge in [0, 0.05) is 31.4 Å². The fraction of sp³-hybridized carbons (Fsp3) is 0.421. The predicted octanol–water partition coefficient (Wildman–Crippen LogP) is 3.34. The Bertz CT molecular complexity index is 836. The summed E-state index contributed by atoms with van der Waals surface area (Å²) < 4.78 is 13.3. The number of amides is 1. The number of halogens is 1. The monoisotopic (exact) mass is 372 g/mol. The van der Waals surface area contributed by atoms with E-state index in [4.69, 9.17) is 0 Å². The standard InChI is InChI=1S/C19H21FN4OS/c1-13-22-17(12-26-13)11-23(2)19(25)14-5-7-24(8-6-14)18-4-3-16(20)9-15(18)10-21/h3-4,9,12,14H,5-8,11H2,1-2H3. The van der Waals surface area contributed by atoms with Gasteiger partial charge in [0.15, 0.2) is 0 Å². The summed E-state index contributed by atoms with van der Waals surface area (Å²) in [5.41, 5.74) is 2.00. The van der Waals surface area contributed by atoms with Crippen LogP contribution in [0.15, 0.2) is 23.6 Å². The molecule has 0 atom stereocenters. The third-order valence-corrected chi connectivity index (χ3v) is 5.53. The van der Waals surface area contributed by atoms with Crippen LogP contribution in [0.25, 0.3) is 0 Å². The molecule has 0 aliphatic carbocycles. The Kier molecular flexibility index (Phi) is 5.52. The molecule has 0 bridgehead atoms. The number of thiazole rings is 1. The van der Waals surface area contributed by atoms with E-state index in [1.165, 1.54) is 12.1 Å². The van der Waals surface area contributed by atoms with Crippen LogP contribution in [0.1, 0.15) is 29.1 Å². The SMILES string of the molecule is Cc1nc(CN(C)C(=O)C2CCN(c3ccc(F)cc3C#N)CC2)cs1. The highest BCUT2D eigenvalue weighted by Gasteiger charge is 2.28. The van der Waals surface area contributed by atoms with Crippen molar-refractivity contribution in [3.05, 3.63) is 45.7 Å². The maximum Gasteiger partial charge on any atom is 0.225 e. The summed E-state index contributed by atoms with van der Waals surface area (Å²) in [6, 6.07) is 6.33. The Morgan fingerprint density at radius 3 is 2.81 bits per heavy atom. The van der Waals surface area contributed by atoms with Crippen molar-refractivity contribution in [3.8, 4) is 6.07 Å². The van der Waals surface area contributed by atoms with Crippen molar-refractivity contribution < 1.29 is 9.18 Å². The molecule has 1 aliphatic rings. The molecule has 1 aromatic heterocycles. The molecule has 3 rings (SSSR count). The molecule has 0 spiro atoms. The number of aryl methyl sites for hydroxylation is 1. The maximum atomic E-state index is 13.3. The van der Waals surface area contributed by atoms with Gasteiger partial charge in [-0.2, -0.15) is 5.26 Å². The molecule has 0 saturated carbocycles. The molecule has 136 valence electrons. The van der Waals surface area contributed by atoms with E-state index in [1.807, 2.05) is 19.4 Å². The Hall–Kier alpha value is -2.46. The first kappa shape index (κ1) is 18.3. The lowest BCUT2D eigenvalue weighted by Crippen LogP contribution is -2.41. The average Bonchev–Trinajstić information content (AvgIpc) is 3.05. The van der Waals surface area contributed by atoms with Crippen molar-refractivity contribution in [3.63, 3.8) is 0 Å². The van der Waals surface area contributed by atoms with Gasteiger partial charge in [-0.3, -0.25) is 4.79 Å². The summed E-state index contributed by atoms with van der Waals surface area (Å²) in [5.74, 6) is -0.300. The molecule has 0 radical (unpaired) electrons. The molecule has 1 fully saturated rings. The zero-order valence-electron chi connectivity index (χ0n) is 14.9. The molecule has 2 heterocycles. The second-order valence-electron chi connectivity index (χ2n) is 6.59. The Morgan fingerprint density at radius 2 is 2.19 bits per heavy atom. The number of hydrogen-bond donors (Lipinski definition) is 0. The Morgan fingerprint density at radius 1 is 1.46 bits per heavy atom. The highest BCUT2D eigenvalue weighted by atomic mass is 32.1. The number of rotatable bonds is 4. The van der Waals surface area contributed by atoms with Crippen LogP contribution in [0.4, 0.5) is 10.1 Å². The number of nitrogens with zero attached hydrogens (tertiary/aromatic N) is 4. The first-order valence-electron chi connectivity index (χ1n) is 8.58. The van der Waals surface area contributed by atoms with Crippen LogP contribution in [0, 0.1) is 30.0 Å². The van der Waals surface area contributed by atoms with E-state index >= 15 is 0 Å². The van der Waals surface area contributed by atoms with E-state index in [0.717, 1.165) is 29.2 Å². The molecule has 0 N–H and O–H groups in total. The number of anilines is 1. The first-order valence-corrected chi connectivity index (χ1v) is 9.46. The van der Waals surface area contributed by atoms with Gasteiger partial charge < -0.3 is 9.80 Å². The van der Waals surface area contributed by atoms with Crippen LogP contribution in [0.3, 0.4) is 0 Å². The molecule has 5 nitrogen and oxygen atoms in total. The van der Waals surface area contributed by atoms with Crippen LogP contribution >= 0.6 is 11.3 Å². The second kappa shape index (κ2) is 7.83. The molecular formula is C19H21FN4OS. The molecule has 2 aromatic rings. The van der Waals surface area contributed by atoms with Crippen LogP contribution in [-0.4, -0.2) is 35.9 Å². The predicted molar refractivity (Wildman–Crippen MR) is 99.4 cm³/mol. The normalized spacial score (nSPS) is 14.9. The number of carbonyl (C=O) groups excluding carboxylic acids is 1. The van der Waals surface area contributed by atoms with Gasteiger partial charge in [-0.05, 0) is 38.0 Å². The number of hydrogen-bond acceptors (Lipinski definition) is 5. The third kappa shape index (κ3) is 4.02. The highest BCUT2D eigenvalue weighted by Crippen LogP contribution is 2.27. The van der Waals surface area contributed by atoms with Crippen LogP contribution in [0.5, 0.6) is 0 Å².